The Balaban J connectivity index is -0.000000105. The first-order valence-corrected chi connectivity index (χ1v) is 10.7. The average Bonchev–Trinajstić information content (AvgIpc) is 2.67. The van der Waals surface area contributed by atoms with Crippen LogP contribution in [0.15, 0.2) is 0 Å². The minimum absolute atomic E-state index is 0. The van der Waals surface area contributed by atoms with E-state index in [0.717, 1.165) is 0 Å². The summed E-state index contributed by atoms with van der Waals surface area (Å²) < 4.78 is 0. The molecule has 0 heterocycles. The Bertz CT molecular complexity index is 539. The third-order valence-electron chi connectivity index (χ3n) is 3.36. The van der Waals surface area contributed by atoms with Crippen molar-refractivity contribution in [3.05, 3.63) is 0 Å². The maximum absolute atomic E-state index is 10.4. The summed E-state index contributed by atoms with van der Waals surface area (Å²) in [6.45, 7) is 12.7. The second-order valence-corrected chi connectivity index (χ2v) is 7.08. The molecular formula is C24H40O8Ti. The average molecular weight is 504 g/mol. The van der Waals surface area contributed by atoms with E-state index >= 15 is 0 Å². The number of hydrogen-bond acceptors (Lipinski definition) is 8. The fourth-order valence-corrected chi connectivity index (χ4v) is 1.61. The Kier molecular flexibility index (Phi) is 35.2. The molecule has 0 saturated heterocycles. The first kappa shape index (κ1) is 41.3. The van der Waals surface area contributed by atoms with Crippen molar-refractivity contribution in [1.29, 1.82) is 0 Å². The van der Waals surface area contributed by atoms with Crippen LogP contribution in [0.5, 0.6) is 0 Å². The summed E-state index contributed by atoms with van der Waals surface area (Å²) in [6.07, 6.45) is 2.32. The first-order chi connectivity index (χ1) is 14.7. The van der Waals surface area contributed by atoms with Crippen molar-refractivity contribution in [2.75, 3.05) is 0 Å². The summed E-state index contributed by atoms with van der Waals surface area (Å²) in [5.41, 5.74) is 0. The van der Waals surface area contributed by atoms with E-state index in [2.05, 4.69) is 0 Å². The van der Waals surface area contributed by atoms with Gasteiger partial charge < -0.3 is 0 Å². The van der Waals surface area contributed by atoms with Crippen LogP contribution < -0.4 is 0 Å². The van der Waals surface area contributed by atoms with Crippen LogP contribution in [-0.4, -0.2) is 46.3 Å². The maximum Gasteiger partial charge on any atom is 0.139 e. The monoisotopic (exact) mass is 504 g/mol. The predicted molar refractivity (Wildman–Crippen MR) is 122 cm³/mol. The standard InChI is InChI=1S/4C6H10O2.Ti/c4*1-3-6(8)4-5(2)7;/h4*3-4H2,1-2H3;. The van der Waals surface area contributed by atoms with Crippen LogP contribution in [0.25, 0.3) is 0 Å². The summed E-state index contributed by atoms with van der Waals surface area (Å²) in [5, 5.41) is 0. The zero-order valence-corrected chi connectivity index (χ0v) is 23.0. The molecule has 0 N–H and O–H groups in total. The van der Waals surface area contributed by atoms with Gasteiger partial charge in [0.05, 0.1) is 25.7 Å². The largest absolute Gasteiger partial charge is 0.300 e. The number of hydrogen-bond donors (Lipinski definition) is 0. The van der Waals surface area contributed by atoms with E-state index in [1.54, 1.807) is 27.7 Å². The van der Waals surface area contributed by atoms with Gasteiger partial charge in [0.25, 0.3) is 0 Å². The van der Waals surface area contributed by atoms with Crippen LogP contribution in [0.4, 0.5) is 0 Å². The van der Waals surface area contributed by atoms with Gasteiger partial charge in [-0.1, -0.05) is 27.7 Å². The van der Waals surface area contributed by atoms with Crippen molar-refractivity contribution >= 4 is 46.3 Å². The molecular weight excluding hydrogens is 464 g/mol. The van der Waals surface area contributed by atoms with Crippen LogP contribution in [0, 0.1) is 0 Å². The SMILES string of the molecule is CCC(=O)CC(C)=O.CCC(=O)CC(C)=O.CCC(=O)CC(C)=O.CCC(=O)CC(C)=O.[Ti]. The van der Waals surface area contributed by atoms with Gasteiger partial charge in [-0.05, 0) is 27.7 Å². The number of ketones is 8. The van der Waals surface area contributed by atoms with Gasteiger partial charge in [-0.25, -0.2) is 0 Å². The zero-order chi connectivity index (χ0) is 26.3. The quantitative estimate of drug-likeness (QED) is 0.289. The number of rotatable bonds is 12. The minimum atomic E-state index is -0.0446. The van der Waals surface area contributed by atoms with Crippen molar-refractivity contribution in [2.45, 2.75) is 107 Å². The molecule has 0 aromatic rings. The second-order valence-electron chi connectivity index (χ2n) is 7.08. The van der Waals surface area contributed by atoms with Gasteiger partial charge in [0.2, 0.25) is 0 Å². The molecule has 0 aliphatic carbocycles. The summed E-state index contributed by atoms with van der Waals surface area (Å²) >= 11 is 0. The number of carbonyl (C=O) groups excluding carboxylic acids is 8. The fourth-order valence-electron chi connectivity index (χ4n) is 1.61. The molecule has 0 spiro atoms. The molecule has 0 saturated carbocycles. The summed E-state index contributed by atoms with van der Waals surface area (Å²) in [5.74, 6) is -0.0765. The molecule has 0 unspecified atom stereocenters. The molecule has 9 heteroatoms. The van der Waals surface area contributed by atoms with Crippen LogP contribution in [-0.2, 0) is 60.1 Å². The van der Waals surface area contributed by atoms with Crippen molar-refractivity contribution < 1.29 is 60.1 Å². The van der Waals surface area contributed by atoms with E-state index in [9.17, 15) is 38.4 Å². The zero-order valence-electron chi connectivity index (χ0n) is 21.4. The smallest absolute Gasteiger partial charge is 0.139 e. The molecule has 0 atom stereocenters. The van der Waals surface area contributed by atoms with Crippen LogP contribution in [0.1, 0.15) is 107 Å². The predicted octanol–water partition coefficient (Wildman–Crippen LogP) is 3.78. The Morgan fingerprint density at radius 2 is 0.485 bits per heavy atom. The van der Waals surface area contributed by atoms with Gasteiger partial charge in [0.1, 0.15) is 46.3 Å². The van der Waals surface area contributed by atoms with E-state index in [4.69, 9.17) is 0 Å². The molecule has 0 fully saturated rings. The van der Waals surface area contributed by atoms with Gasteiger partial charge in [-0.2, -0.15) is 0 Å². The van der Waals surface area contributed by atoms with E-state index in [0.29, 0.717) is 25.7 Å². The fraction of sp³-hybridized carbons (Fsp3) is 0.667. The Hall–Kier alpha value is -1.93. The summed E-state index contributed by atoms with van der Waals surface area (Å²) in [4.78, 5) is 82.4. The summed E-state index contributed by atoms with van der Waals surface area (Å²) in [6, 6.07) is 0. The van der Waals surface area contributed by atoms with Crippen molar-refractivity contribution in [3.63, 3.8) is 0 Å². The van der Waals surface area contributed by atoms with Crippen molar-refractivity contribution in [3.8, 4) is 0 Å². The third kappa shape index (κ3) is 48.6. The molecule has 0 amide bonds. The first-order valence-electron chi connectivity index (χ1n) is 10.7. The van der Waals surface area contributed by atoms with Gasteiger partial charge in [-0.15, -0.1) is 0 Å². The van der Waals surface area contributed by atoms with Gasteiger partial charge in [-0.3, -0.25) is 38.4 Å². The van der Waals surface area contributed by atoms with Crippen LogP contribution >= 0.6 is 0 Å². The maximum atomic E-state index is 10.4. The third-order valence-corrected chi connectivity index (χ3v) is 3.36. The van der Waals surface area contributed by atoms with Gasteiger partial charge in [0.15, 0.2) is 0 Å². The van der Waals surface area contributed by atoms with Gasteiger partial charge in [0, 0.05) is 47.4 Å². The molecule has 0 bridgehead atoms. The Morgan fingerprint density at radius 3 is 0.515 bits per heavy atom. The Labute approximate surface area is 212 Å². The van der Waals surface area contributed by atoms with Crippen molar-refractivity contribution in [1.82, 2.24) is 0 Å². The minimum Gasteiger partial charge on any atom is -0.300 e. The second kappa shape index (κ2) is 28.1. The molecule has 0 aromatic carbocycles. The number of carbonyl (C=O) groups is 8. The molecule has 8 nitrogen and oxygen atoms in total. The van der Waals surface area contributed by atoms with E-state index in [1.807, 2.05) is 0 Å². The van der Waals surface area contributed by atoms with E-state index < -0.39 is 0 Å². The van der Waals surface area contributed by atoms with Crippen molar-refractivity contribution in [2.24, 2.45) is 0 Å². The molecule has 0 aliphatic rings. The molecule has 0 aromatic heterocycles. The molecule has 33 heavy (non-hydrogen) atoms. The van der Waals surface area contributed by atoms with E-state index in [-0.39, 0.29) is 93.7 Å². The van der Waals surface area contributed by atoms with Gasteiger partial charge >= 0.3 is 0 Å². The van der Waals surface area contributed by atoms with Crippen LogP contribution in [0.3, 0.4) is 0 Å². The number of Topliss-reactive ketones (excluding diaryl/α,β-unsaturated/α-hetero) is 8. The molecule has 0 aliphatic heterocycles. The topological polar surface area (TPSA) is 137 Å². The normalized spacial score (nSPS) is 8.48. The van der Waals surface area contributed by atoms with Crippen LogP contribution in [0.2, 0.25) is 0 Å². The molecule has 188 valence electrons. The van der Waals surface area contributed by atoms with E-state index in [1.165, 1.54) is 27.7 Å². The summed E-state index contributed by atoms with van der Waals surface area (Å²) in [7, 11) is 0. The molecule has 0 radical (unpaired) electrons. The Morgan fingerprint density at radius 1 is 0.364 bits per heavy atom. The molecule has 0 rings (SSSR count).